The van der Waals surface area contributed by atoms with Gasteiger partial charge < -0.3 is 14.7 Å². The second-order valence-electron chi connectivity index (χ2n) is 8.85. The summed E-state index contributed by atoms with van der Waals surface area (Å²) < 4.78 is 40.5. The van der Waals surface area contributed by atoms with Gasteiger partial charge in [-0.15, -0.1) is 0 Å². The zero-order valence-corrected chi connectivity index (χ0v) is 20.8. The number of anilines is 2. The van der Waals surface area contributed by atoms with Crippen molar-refractivity contribution in [3.8, 4) is 6.07 Å². The lowest BCUT2D eigenvalue weighted by molar-refractivity contribution is -0.137. The molecule has 0 unspecified atom stereocenters. The lowest BCUT2D eigenvalue weighted by atomic mass is 10.1. The van der Waals surface area contributed by atoms with E-state index in [1.807, 2.05) is 35.2 Å². The number of carbonyl (C=O) groups is 1. The zero-order valence-electron chi connectivity index (χ0n) is 20.1. The first-order chi connectivity index (χ1) is 17.7. The zero-order chi connectivity index (χ0) is 26.4. The number of amides is 1. The highest BCUT2D eigenvalue weighted by atomic mass is 35.5. The standard InChI is InChI=1S/C28H26ClF3N4O/c29-26-11-10-24(18-25(26)28(30,31)32)36(20-22-8-6-21(19-33)7-9-22)13-12-27(37)35-16-14-34(15-17-35)23-4-2-1-3-5-23/h1-11,18H,12-17,20H2. The van der Waals surface area contributed by atoms with Gasteiger partial charge in [0.25, 0.3) is 0 Å². The minimum absolute atomic E-state index is 0.0393. The van der Waals surface area contributed by atoms with Crippen LogP contribution in [-0.2, 0) is 17.5 Å². The molecule has 1 fully saturated rings. The average molecular weight is 527 g/mol. The minimum atomic E-state index is -4.60. The Morgan fingerprint density at radius 3 is 2.27 bits per heavy atom. The molecule has 37 heavy (non-hydrogen) atoms. The van der Waals surface area contributed by atoms with Crippen LogP contribution < -0.4 is 9.80 Å². The number of rotatable bonds is 7. The maximum absolute atomic E-state index is 13.5. The van der Waals surface area contributed by atoms with Crippen LogP contribution in [0.1, 0.15) is 23.1 Å². The van der Waals surface area contributed by atoms with Crippen molar-refractivity contribution >= 4 is 28.9 Å². The van der Waals surface area contributed by atoms with Gasteiger partial charge in [0.15, 0.2) is 0 Å². The quantitative estimate of drug-likeness (QED) is 0.380. The van der Waals surface area contributed by atoms with Crippen LogP contribution in [0.25, 0.3) is 0 Å². The molecule has 0 aromatic heterocycles. The molecule has 0 N–H and O–H groups in total. The van der Waals surface area contributed by atoms with Gasteiger partial charge in [0.2, 0.25) is 5.91 Å². The molecule has 0 spiro atoms. The van der Waals surface area contributed by atoms with Crippen LogP contribution in [0.3, 0.4) is 0 Å². The summed E-state index contributed by atoms with van der Waals surface area (Å²) in [6.45, 7) is 3.12. The first-order valence-corrected chi connectivity index (χ1v) is 12.3. The lowest BCUT2D eigenvalue weighted by Crippen LogP contribution is -2.49. The molecule has 3 aromatic rings. The SMILES string of the molecule is N#Cc1ccc(CN(CCC(=O)N2CCN(c3ccccc3)CC2)c2ccc(Cl)c(C(F)(F)F)c2)cc1. The first-order valence-electron chi connectivity index (χ1n) is 11.9. The largest absolute Gasteiger partial charge is 0.417 e. The maximum atomic E-state index is 13.5. The fourth-order valence-corrected chi connectivity index (χ4v) is 4.60. The van der Waals surface area contributed by atoms with Gasteiger partial charge in [0, 0.05) is 57.1 Å². The van der Waals surface area contributed by atoms with Crippen LogP contribution in [0, 0.1) is 11.3 Å². The summed E-state index contributed by atoms with van der Waals surface area (Å²) in [5, 5.41) is 8.67. The summed E-state index contributed by atoms with van der Waals surface area (Å²) in [4.78, 5) is 18.8. The Labute approximate surface area is 219 Å². The second kappa shape index (κ2) is 11.6. The Morgan fingerprint density at radius 1 is 0.973 bits per heavy atom. The number of benzene rings is 3. The number of nitriles is 1. The van der Waals surface area contributed by atoms with Gasteiger partial charge in [-0.2, -0.15) is 18.4 Å². The van der Waals surface area contributed by atoms with E-state index in [1.165, 1.54) is 12.1 Å². The normalized spacial score (nSPS) is 13.8. The predicted molar refractivity (Wildman–Crippen MR) is 139 cm³/mol. The molecule has 9 heteroatoms. The molecule has 0 bridgehead atoms. The van der Waals surface area contributed by atoms with Crippen molar-refractivity contribution < 1.29 is 18.0 Å². The van der Waals surface area contributed by atoms with Crippen LogP contribution in [0.4, 0.5) is 24.5 Å². The number of para-hydroxylation sites is 1. The van der Waals surface area contributed by atoms with Crippen LogP contribution in [0.2, 0.25) is 5.02 Å². The van der Waals surface area contributed by atoms with E-state index in [9.17, 15) is 18.0 Å². The van der Waals surface area contributed by atoms with Crippen molar-refractivity contribution in [1.82, 2.24) is 4.90 Å². The van der Waals surface area contributed by atoms with E-state index in [1.54, 1.807) is 29.2 Å². The molecule has 0 atom stereocenters. The predicted octanol–water partition coefficient (Wildman–Crippen LogP) is 5.98. The number of hydrogen-bond acceptors (Lipinski definition) is 4. The third-order valence-electron chi connectivity index (χ3n) is 6.43. The van der Waals surface area contributed by atoms with Crippen LogP contribution in [-0.4, -0.2) is 43.5 Å². The van der Waals surface area contributed by atoms with Crippen molar-refractivity contribution in [1.29, 1.82) is 5.26 Å². The summed E-state index contributed by atoms with van der Waals surface area (Å²) in [6.07, 6.45) is -4.44. The third-order valence-corrected chi connectivity index (χ3v) is 6.76. The Bertz CT molecular complexity index is 1250. The fraction of sp³-hybridized carbons (Fsp3) is 0.286. The van der Waals surface area contributed by atoms with Crippen LogP contribution in [0.15, 0.2) is 72.8 Å². The first kappa shape index (κ1) is 26.4. The molecule has 0 saturated carbocycles. The lowest BCUT2D eigenvalue weighted by Gasteiger charge is -2.36. The molecule has 1 aliphatic rings. The molecule has 4 rings (SSSR count). The van der Waals surface area contributed by atoms with Crippen LogP contribution in [0.5, 0.6) is 0 Å². The van der Waals surface area contributed by atoms with Crippen molar-refractivity contribution in [2.45, 2.75) is 19.1 Å². The average Bonchev–Trinajstić information content (AvgIpc) is 2.91. The van der Waals surface area contributed by atoms with Crippen LogP contribution >= 0.6 is 11.6 Å². The Morgan fingerprint density at radius 2 is 1.65 bits per heavy atom. The van der Waals surface area contributed by atoms with Gasteiger partial charge >= 0.3 is 6.18 Å². The molecular formula is C28H26ClF3N4O. The molecular weight excluding hydrogens is 501 g/mol. The van der Waals surface area contributed by atoms with Gasteiger partial charge in [-0.3, -0.25) is 4.79 Å². The molecule has 1 amide bonds. The van der Waals surface area contributed by atoms with Gasteiger partial charge in [0.1, 0.15) is 0 Å². The van der Waals surface area contributed by atoms with Crippen molar-refractivity contribution in [3.05, 3.63) is 94.5 Å². The van der Waals surface area contributed by atoms with E-state index in [0.717, 1.165) is 30.4 Å². The summed E-state index contributed by atoms with van der Waals surface area (Å²) in [5.41, 5.74) is 1.83. The van der Waals surface area contributed by atoms with E-state index >= 15 is 0 Å². The molecule has 0 aliphatic carbocycles. The summed E-state index contributed by atoms with van der Waals surface area (Å²) in [6, 6.07) is 22.7. The molecule has 192 valence electrons. The fourth-order valence-electron chi connectivity index (χ4n) is 4.37. The number of piperazine rings is 1. The van der Waals surface area contributed by atoms with E-state index < -0.39 is 11.7 Å². The van der Waals surface area contributed by atoms with Crippen molar-refractivity contribution in [2.75, 3.05) is 42.5 Å². The van der Waals surface area contributed by atoms with Gasteiger partial charge in [-0.25, -0.2) is 0 Å². The molecule has 1 heterocycles. The summed E-state index contributed by atoms with van der Waals surface area (Å²) in [5.74, 6) is -0.0393. The van der Waals surface area contributed by atoms with E-state index in [0.29, 0.717) is 24.3 Å². The molecule has 1 saturated heterocycles. The number of nitrogens with zero attached hydrogens (tertiary/aromatic N) is 4. The highest BCUT2D eigenvalue weighted by Crippen LogP contribution is 2.37. The minimum Gasteiger partial charge on any atom is -0.368 e. The molecule has 3 aromatic carbocycles. The molecule has 5 nitrogen and oxygen atoms in total. The monoisotopic (exact) mass is 526 g/mol. The highest BCUT2D eigenvalue weighted by molar-refractivity contribution is 6.31. The smallest absolute Gasteiger partial charge is 0.368 e. The topological polar surface area (TPSA) is 50.6 Å². The molecule has 0 radical (unpaired) electrons. The Balaban J connectivity index is 1.46. The third kappa shape index (κ3) is 6.75. The number of carbonyl (C=O) groups excluding carboxylic acids is 1. The van der Waals surface area contributed by atoms with Gasteiger partial charge in [0.05, 0.1) is 22.2 Å². The Hall–Kier alpha value is -3.70. The maximum Gasteiger partial charge on any atom is 0.417 e. The number of alkyl halides is 3. The molecule has 1 aliphatic heterocycles. The summed E-state index contributed by atoms with van der Waals surface area (Å²) in [7, 11) is 0. The summed E-state index contributed by atoms with van der Waals surface area (Å²) >= 11 is 5.83. The van der Waals surface area contributed by atoms with E-state index in [4.69, 9.17) is 16.9 Å². The number of halogens is 4. The number of hydrogen-bond donors (Lipinski definition) is 0. The van der Waals surface area contributed by atoms with Gasteiger partial charge in [-0.05, 0) is 48.0 Å². The van der Waals surface area contributed by atoms with Gasteiger partial charge in [-0.1, -0.05) is 41.9 Å². The Kier molecular flexibility index (Phi) is 8.24. The highest BCUT2D eigenvalue weighted by Gasteiger charge is 2.34. The van der Waals surface area contributed by atoms with E-state index in [-0.39, 0.29) is 30.4 Å². The second-order valence-corrected chi connectivity index (χ2v) is 9.25. The van der Waals surface area contributed by atoms with Crippen molar-refractivity contribution in [2.24, 2.45) is 0 Å². The van der Waals surface area contributed by atoms with E-state index in [2.05, 4.69) is 11.0 Å². The van der Waals surface area contributed by atoms with Crippen molar-refractivity contribution in [3.63, 3.8) is 0 Å².